The van der Waals surface area contributed by atoms with Crippen molar-refractivity contribution >= 4 is 5.95 Å². The molecule has 5 heteroatoms. The Hall–Kier alpha value is -1.20. The first-order chi connectivity index (χ1) is 8.97. The third kappa shape index (κ3) is 3.88. The van der Waals surface area contributed by atoms with Crippen LogP contribution in [0.1, 0.15) is 26.3 Å². The highest BCUT2D eigenvalue weighted by Gasteiger charge is 2.18. The Labute approximate surface area is 115 Å². The van der Waals surface area contributed by atoms with Gasteiger partial charge in [0.25, 0.3) is 0 Å². The Morgan fingerprint density at radius 1 is 1.37 bits per heavy atom. The number of hydrogen-bond acceptors (Lipinski definition) is 5. The SMILES string of the molecule is CN(CC1COCCN1)c1ncc(C(C)(C)C)cn1. The Morgan fingerprint density at radius 3 is 2.58 bits per heavy atom. The molecule has 0 bridgehead atoms. The zero-order valence-corrected chi connectivity index (χ0v) is 12.3. The van der Waals surface area contributed by atoms with Crippen LogP contribution in [0.5, 0.6) is 0 Å². The molecule has 0 aliphatic carbocycles. The molecule has 0 radical (unpaired) electrons. The normalized spacial score (nSPS) is 20.3. The van der Waals surface area contributed by atoms with Gasteiger partial charge in [-0.1, -0.05) is 20.8 Å². The molecular weight excluding hydrogens is 240 g/mol. The van der Waals surface area contributed by atoms with Gasteiger partial charge in [-0.05, 0) is 11.0 Å². The maximum absolute atomic E-state index is 5.45. The minimum absolute atomic E-state index is 0.0931. The van der Waals surface area contributed by atoms with Crippen molar-refractivity contribution in [3.8, 4) is 0 Å². The van der Waals surface area contributed by atoms with Crippen molar-refractivity contribution in [3.63, 3.8) is 0 Å². The molecule has 1 aromatic rings. The van der Waals surface area contributed by atoms with Crippen molar-refractivity contribution in [1.82, 2.24) is 15.3 Å². The van der Waals surface area contributed by atoms with Crippen molar-refractivity contribution in [2.75, 3.05) is 38.3 Å². The average molecular weight is 264 g/mol. The fraction of sp³-hybridized carbons (Fsp3) is 0.714. The monoisotopic (exact) mass is 264 g/mol. The topological polar surface area (TPSA) is 50.3 Å². The summed E-state index contributed by atoms with van der Waals surface area (Å²) in [6.45, 7) is 9.83. The lowest BCUT2D eigenvalue weighted by Gasteiger charge is -2.28. The van der Waals surface area contributed by atoms with E-state index in [-0.39, 0.29) is 5.41 Å². The van der Waals surface area contributed by atoms with Gasteiger partial charge < -0.3 is 15.0 Å². The molecule has 19 heavy (non-hydrogen) atoms. The predicted molar refractivity (Wildman–Crippen MR) is 76.6 cm³/mol. The predicted octanol–water partition coefficient (Wildman–Crippen LogP) is 1.20. The lowest BCUT2D eigenvalue weighted by Crippen LogP contribution is -2.48. The molecular formula is C14H24N4O. The van der Waals surface area contributed by atoms with Gasteiger partial charge in [0, 0.05) is 38.6 Å². The first kappa shape index (κ1) is 14.2. The van der Waals surface area contributed by atoms with Gasteiger partial charge in [0.2, 0.25) is 5.95 Å². The molecule has 1 aromatic heterocycles. The van der Waals surface area contributed by atoms with Gasteiger partial charge in [0.1, 0.15) is 0 Å². The highest BCUT2D eigenvalue weighted by molar-refractivity contribution is 5.30. The van der Waals surface area contributed by atoms with Crippen LogP contribution < -0.4 is 10.2 Å². The third-order valence-electron chi connectivity index (χ3n) is 3.34. The molecule has 0 spiro atoms. The number of morpholine rings is 1. The lowest BCUT2D eigenvalue weighted by molar-refractivity contribution is 0.0790. The highest BCUT2D eigenvalue weighted by Crippen LogP contribution is 2.21. The molecule has 0 aromatic carbocycles. The Balaban J connectivity index is 1.97. The number of nitrogens with zero attached hydrogens (tertiary/aromatic N) is 3. The highest BCUT2D eigenvalue weighted by atomic mass is 16.5. The second-order valence-electron chi connectivity index (χ2n) is 6.13. The summed E-state index contributed by atoms with van der Waals surface area (Å²) < 4.78 is 5.45. The molecule has 1 fully saturated rings. The van der Waals surface area contributed by atoms with Crippen LogP contribution in [0.25, 0.3) is 0 Å². The van der Waals surface area contributed by atoms with Crippen LogP contribution in [-0.2, 0) is 10.2 Å². The van der Waals surface area contributed by atoms with Gasteiger partial charge >= 0.3 is 0 Å². The molecule has 0 amide bonds. The van der Waals surface area contributed by atoms with E-state index in [1.165, 1.54) is 0 Å². The Kier molecular flexibility index (Phi) is 4.37. The van der Waals surface area contributed by atoms with Gasteiger partial charge in [0.15, 0.2) is 0 Å². The van der Waals surface area contributed by atoms with E-state index in [1.807, 2.05) is 19.4 Å². The van der Waals surface area contributed by atoms with Crippen molar-refractivity contribution in [3.05, 3.63) is 18.0 Å². The van der Waals surface area contributed by atoms with E-state index in [4.69, 9.17) is 4.74 Å². The van der Waals surface area contributed by atoms with Crippen LogP contribution in [0, 0.1) is 0 Å². The van der Waals surface area contributed by atoms with Crippen LogP contribution in [0.15, 0.2) is 12.4 Å². The van der Waals surface area contributed by atoms with Crippen molar-refractivity contribution < 1.29 is 4.74 Å². The summed E-state index contributed by atoms with van der Waals surface area (Å²) in [5.41, 5.74) is 1.25. The van der Waals surface area contributed by atoms with Crippen molar-refractivity contribution in [1.29, 1.82) is 0 Å². The van der Waals surface area contributed by atoms with Gasteiger partial charge in [-0.2, -0.15) is 0 Å². The van der Waals surface area contributed by atoms with Gasteiger partial charge in [-0.3, -0.25) is 0 Å². The summed E-state index contributed by atoms with van der Waals surface area (Å²) in [6, 6.07) is 0.352. The molecule has 1 saturated heterocycles. The number of anilines is 1. The zero-order chi connectivity index (χ0) is 13.9. The number of ether oxygens (including phenoxy) is 1. The van der Waals surface area contributed by atoms with Crippen LogP contribution in [0.4, 0.5) is 5.95 Å². The minimum Gasteiger partial charge on any atom is -0.378 e. The summed E-state index contributed by atoms with van der Waals surface area (Å²) in [5, 5.41) is 3.43. The number of hydrogen-bond donors (Lipinski definition) is 1. The number of rotatable bonds is 3. The first-order valence-corrected chi connectivity index (χ1v) is 6.81. The van der Waals surface area contributed by atoms with E-state index in [0.29, 0.717) is 6.04 Å². The van der Waals surface area contributed by atoms with Gasteiger partial charge in [0.05, 0.1) is 13.2 Å². The maximum atomic E-state index is 5.45. The molecule has 1 N–H and O–H groups in total. The molecule has 0 saturated carbocycles. The molecule has 106 valence electrons. The zero-order valence-electron chi connectivity index (χ0n) is 12.3. The summed E-state index contributed by atoms with van der Waals surface area (Å²) in [7, 11) is 2.02. The van der Waals surface area contributed by atoms with E-state index in [0.717, 1.165) is 37.8 Å². The van der Waals surface area contributed by atoms with Gasteiger partial charge in [-0.25, -0.2) is 9.97 Å². The van der Waals surface area contributed by atoms with Gasteiger partial charge in [-0.15, -0.1) is 0 Å². The summed E-state index contributed by atoms with van der Waals surface area (Å²) >= 11 is 0. The second kappa shape index (κ2) is 5.84. The number of aromatic nitrogens is 2. The summed E-state index contributed by atoms with van der Waals surface area (Å²) in [4.78, 5) is 11.0. The van der Waals surface area contributed by atoms with Crippen LogP contribution >= 0.6 is 0 Å². The molecule has 2 heterocycles. The van der Waals surface area contributed by atoms with E-state index < -0.39 is 0 Å². The summed E-state index contributed by atoms with van der Waals surface area (Å²) in [6.07, 6.45) is 3.84. The molecule has 1 unspecified atom stereocenters. The second-order valence-corrected chi connectivity index (χ2v) is 6.13. The first-order valence-electron chi connectivity index (χ1n) is 6.81. The summed E-state index contributed by atoms with van der Waals surface area (Å²) in [5.74, 6) is 0.764. The molecule has 1 atom stereocenters. The Morgan fingerprint density at radius 2 is 2.05 bits per heavy atom. The van der Waals surface area contributed by atoms with E-state index in [1.54, 1.807) is 0 Å². The quantitative estimate of drug-likeness (QED) is 0.889. The fourth-order valence-electron chi connectivity index (χ4n) is 2.05. The lowest BCUT2D eigenvalue weighted by atomic mass is 9.89. The van der Waals surface area contributed by atoms with E-state index in [2.05, 4.69) is 41.0 Å². The van der Waals surface area contributed by atoms with Crippen LogP contribution in [0.2, 0.25) is 0 Å². The molecule has 5 nitrogen and oxygen atoms in total. The largest absolute Gasteiger partial charge is 0.378 e. The molecule has 1 aliphatic rings. The van der Waals surface area contributed by atoms with Crippen molar-refractivity contribution in [2.45, 2.75) is 32.2 Å². The van der Waals surface area contributed by atoms with Crippen molar-refractivity contribution in [2.24, 2.45) is 0 Å². The van der Waals surface area contributed by atoms with E-state index >= 15 is 0 Å². The Bertz CT molecular complexity index is 393. The fourth-order valence-corrected chi connectivity index (χ4v) is 2.05. The average Bonchev–Trinajstić information content (AvgIpc) is 2.39. The van der Waals surface area contributed by atoms with E-state index in [9.17, 15) is 0 Å². The molecule has 2 rings (SSSR count). The number of nitrogens with one attached hydrogen (secondary N) is 1. The smallest absolute Gasteiger partial charge is 0.225 e. The maximum Gasteiger partial charge on any atom is 0.225 e. The number of likely N-dealkylation sites (N-methyl/N-ethyl adjacent to an activating group) is 1. The molecule has 1 aliphatic heterocycles. The van der Waals surface area contributed by atoms with Crippen LogP contribution in [0.3, 0.4) is 0 Å². The van der Waals surface area contributed by atoms with Crippen LogP contribution in [-0.4, -0.2) is 49.4 Å². The minimum atomic E-state index is 0.0931. The standard InChI is InChI=1S/C14H24N4O/c1-14(2,3)11-7-16-13(17-8-11)18(4)9-12-10-19-6-5-15-12/h7-8,12,15H,5-6,9-10H2,1-4H3. The third-order valence-corrected chi connectivity index (χ3v) is 3.34.